The summed E-state index contributed by atoms with van der Waals surface area (Å²) in [5, 5.41) is 1.38. The molecule has 0 unspecified atom stereocenters. The van der Waals surface area contributed by atoms with E-state index < -0.39 is 5.54 Å². The molecule has 0 heterocycles. The van der Waals surface area contributed by atoms with Gasteiger partial charge < -0.3 is 0 Å². The fourth-order valence-electron chi connectivity index (χ4n) is 2.10. The quantitative estimate of drug-likeness (QED) is 0.862. The molecule has 0 saturated heterocycles. The van der Waals surface area contributed by atoms with E-state index in [1.54, 1.807) is 36.4 Å². The minimum Gasteiger partial charge on any atom is -0.267 e. The number of hydrogen-bond donors (Lipinski definition) is 1. The van der Waals surface area contributed by atoms with Crippen LogP contribution in [0.3, 0.4) is 0 Å². The van der Waals surface area contributed by atoms with E-state index in [-0.39, 0.29) is 11.8 Å². The highest BCUT2D eigenvalue weighted by atomic mass is 16.2. The number of hydrogen-bond acceptors (Lipinski definition) is 2. The molecule has 0 spiro atoms. The first-order chi connectivity index (χ1) is 10.8. The lowest BCUT2D eigenvalue weighted by atomic mass is 10.1. The van der Waals surface area contributed by atoms with Gasteiger partial charge in [0, 0.05) is 11.1 Å². The van der Waals surface area contributed by atoms with Gasteiger partial charge in [-0.25, -0.2) is 5.01 Å². The number of aryl methyl sites for hydroxylation is 1. The number of nitrogens with zero attached hydrogens (tertiary/aromatic N) is 1. The first kappa shape index (κ1) is 16.7. The van der Waals surface area contributed by atoms with E-state index >= 15 is 0 Å². The van der Waals surface area contributed by atoms with Crippen molar-refractivity contribution in [3.8, 4) is 0 Å². The van der Waals surface area contributed by atoms with Crippen molar-refractivity contribution in [3.05, 3.63) is 71.3 Å². The Kier molecular flexibility index (Phi) is 4.84. The van der Waals surface area contributed by atoms with Crippen molar-refractivity contribution in [2.75, 3.05) is 0 Å². The predicted molar refractivity (Wildman–Crippen MR) is 91.0 cm³/mol. The van der Waals surface area contributed by atoms with Crippen LogP contribution in [0.2, 0.25) is 0 Å². The predicted octanol–water partition coefficient (Wildman–Crippen LogP) is 3.58. The smallest absolute Gasteiger partial charge is 0.267 e. The molecule has 2 rings (SSSR count). The maximum atomic E-state index is 12.8. The van der Waals surface area contributed by atoms with Crippen LogP contribution in [0.15, 0.2) is 54.6 Å². The molecule has 0 bridgehead atoms. The Morgan fingerprint density at radius 2 is 1.43 bits per heavy atom. The molecule has 0 aliphatic heterocycles. The zero-order valence-corrected chi connectivity index (χ0v) is 14.0. The average Bonchev–Trinajstić information content (AvgIpc) is 2.52. The van der Waals surface area contributed by atoms with Gasteiger partial charge in [-0.15, -0.1) is 0 Å². The molecule has 0 aliphatic rings. The van der Waals surface area contributed by atoms with Crippen LogP contribution in [0.5, 0.6) is 0 Å². The fraction of sp³-hybridized carbons (Fsp3) is 0.263. The third-order valence-corrected chi connectivity index (χ3v) is 3.42. The van der Waals surface area contributed by atoms with Gasteiger partial charge in [-0.3, -0.25) is 15.0 Å². The van der Waals surface area contributed by atoms with Crippen molar-refractivity contribution in [3.63, 3.8) is 0 Å². The van der Waals surface area contributed by atoms with Crippen LogP contribution in [-0.4, -0.2) is 22.4 Å². The monoisotopic (exact) mass is 310 g/mol. The Hall–Kier alpha value is -2.62. The summed E-state index contributed by atoms with van der Waals surface area (Å²) in [7, 11) is 0. The van der Waals surface area contributed by atoms with Gasteiger partial charge in [0.05, 0.1) is 5.54 Å². The van der Waals surface area contributed by atoms with E-state index in [2.05, 4.69) is 5.43 Å². The van der Waals surface area contributed by atoms with E-state index in [1.807, 2.05) is 45.9 Å². The van der Waals surface area contributed by atoms with Crippen molar-refractivity contribution in [1.82, 2.24) is 10.4 Å². The molecule has 2 aromatic rings. The summed E-state index contributed by atoms with van der Waals surface area (Å²) in [5.41, 5.74) is 4.32. The van der Waals surface area contributed by atoms with Gasteiger partial charge in [0.25, 0.3) is 11.8 Å². The molecule has 4 heteroatoms. The Balaban J connectivity index is 2.26. The molecule has 0 atom stereocenters. The largest absolute Gasteiger partial charge is 0.272 e. The van der Waals surface area contributed by atoms with Gasteiger partial charge in [0.1, 0.15) is 0 Å². The van der Waals surface area contributed by atoms with Crippen LogP contribution < -0.4 is 5.43 Å². The van der Waals surface area contributed by atoms with E-state index in [0.29, 0.717) is 11.1 Å². The summed E-state index contributed by atoms with van der Waals surface area (Å²) in [4.78, 5) is 25.2. The number of rotatable bonds is 2. The van der Waals surface area contributed by atoms with E-state index in [4.69, 9.17) is 0 Å². The number of amides is 2. The van der Waals surface area contributed by atoms with Crippen molar-refractivity contribution in [2.45, 2.75) is 33.2 Å². The summed E-state index contributed by atoms with van der Waals surface area (Å²) < 4.78 is 0. The summed E-state index contributed by atoms with van der Waals surface area (Å²) in [6.07, 6.45) is 0. The molecule has 0 fully saturated rings. The molecule has 1 N–H and O–H groups in total. The zero-order valence-electron chi connectivity index (χ0n) is 14.0. The molecule has 2 amide bonds. The van der Waals surface area contributed by atoms with Crippen molar-refractivity contribution in [2.24, 2.45) is 0 Å². The van der Waals surface area contributed by atoms with Crippen molar-refractivity contribution < 1.29 is 9.59 Å². The maximum Gasteiger partial charge on any atom is 0.272 e. The summed E-state index contributed by atoms with van der Waals surface area (Å²) in [5.74, 6) is -0.539. The number of benzene rings is 2. The summed E-state index contributed by atoms with van der Waals surface area (Å²) >= 11 is 0. The van der Waals surface area contributed by atoms with Crippen LogP contribution in [0.4, 0.5) is 0 Å². The molecular formula is C19H22N2O2. The summed E-state index contributed by atoms with van der Waals surface area (Å²) in [6, 6.07) is 16.2. The lowest BCUT2D eigenvalue weighted by Crippen LogP contribution is -2.55. The van der Waals surface area contributed by atoms with Gasteiger partial charge in [0.2, 0.25) is 0 Å². The first-order valence-electron chi connectivity index (χ1n) is 7.56. The Morgan fingerprint density at radius 1 is 0.870 bits per heavy atom. The highest BCUT2D eigenvalue weighted by molar-refractivity contribution is 5.99. The normalized spacial score (nSPS) is 11.0. The Bertz CT molecular complexity index is 686. The zero-order chi connectivity index (χ0) is 17.0. The molecule has 120 valence electrons. The number of carbonyl (C=O) groups is 2. The standard InChI is InChI=1S/C19H22N2O2/c1-14-10-12-16(13-11-14)18(23)21(19(2,3)4)20-17(22)15-8-6-5-7-9-15/h5-13H,1-4H3,(H,20,22). The molecule has 0 aliphatic carbocycles. The van der Waals surface area contributed by atoms with Crippen LogP contribution in [0.25, 0.3) is 0 Å². The van der Waals surface area contributed by atoms with Gasteiger partial charge >= 0.3 is 0 Å². The third kappa shape index (κ3) is 4.19. The molecule has 0 radical (unpaired) electrons. The SMILES string of the molecule is Cc1ccc(C(=O)N(NC(=O)c2ccccc2)C(C)(C)C)cc1. The number of hydrazine groups is 1. The average molecular weight is 310 g/mol. The number of nitrogens with one attached hydrogen (secondary N) is 1. The maximum absolute atomic E-state index is 12.8. The van der Waals surface area contributed by atoms with Crippen LogP contribution in [-0.2, 0) is 0 Å². The molecule has 0 saturated carbocycles. The lowest BCUT2D eigenvalue weighted by molar-refractivity contribution is 0.0358. The van der Waals surface area contributed by atoms with Crippen LogP contribution >= 0.6 is 0 Å². The van der Waals surface area contributed by atoms with E-state index in [1.165, 1.54) is 5.01 Å². The van der Waals surface area contributed by atoms with Gasteiger partial charge in [-0.1, -0.05) is 35.9 Å². The van der Waals surface area contributed by atoms with E-state index in [0.717, 1.165) is 5.56 Å². The van der Waals surface area contributed by atoms with Gasteiger partial charge in [-0.2, -0.15) is 0 Å². The Labute approximate surface area is 137 Å². The second-order valence-corrected chi connectivity index (χ2v) is 6.48. The highest BCUT2D eigenvalue weighted by Gasteiger charge is 2.29. The molecular weight excluding hydrogens is 288 g/mol. The third-order valence-electron chi connectivity index (χ3n) is 3.42. The van der Waals surface area contributed by atoms with E-state index in [9.17, 15) is 9.59 Å². The topological polar surface area (TPSA) is 49.4 Å². The second kappa shape index (κ2) is 6.65. The minimum atomic E-state index is -0.549. The molecule has 2 aromatic carbocycles. The fourth-order valence-corrected chi connectivity index (χ4v) is 2.10. The first-order valence-corrected chi connectivity index (χ1v) is 7.56. The molecule has 0 aromatic heterocycles. The van der Waals surface area contributed by atoms with Gasteiger partial charge in [-0.05, 0) is 52.0 Å². The molecule has 23 heavy (non-hydrogen) atoms. The summed E-state index contributed by atoms with van der Waals surface area (Å²) in [6.45, 7) is 7.60. The highest BCUT2D eigenvalue weighted by Crippen LogP contribution is 2.16. The van der Waals surface area contributed by atoms with Crippen LogP contribution in [0.1, 0.15) is 47.1 Å². The van der Waals surface area contributed by atoms with Gasteiger partial charge in [0.15, 0.2) is 0 Å². The minimum absolute atomic E-state index is 0.234. The van der Waals surface area contributed by atoms with Crippen molar-refractivity contribution >= 4 is 11.8 Å². The lowest BCUT2D eigenvalue weighted by Gasteiger charge is -2.35. The molecule has 4 nitrogen and oxygen atoms in total. The van der Waals surface area contributed by atoms with Crippen LogP contribution in [0, 0.1) is 6.92 Å². The Morgan fingerprint density at radius 3 is 1.96 bits per heavy atom. The van der Waals surface area contributed by atoms with Crippen molar-refractivity contribution in [1.29, 1.82) is 0 Å². The number of carbonyl (C=O) groups excluding carboxylic acids is 2. The second-order valence-electron chi connectivity index (χ2n) is 6.48.